The number of thiocarbonyl (C=S) groups is 1. The van der Waals surface area contributed by atoms with Crippen LogP contribution in [0.2, 0.25) is 0 Å². The minimum atomic E-state index is 0.242. The fourth-order valence-electron chi connectivity index (χ4n) is 1.20. The summed E-state index contributed by atoms with van der Waals surface area (Å²) >= 11 is 5.05. The van der Waals surface area contributed by atoms with Crippen LogP contribution in [-0.4, -0.2) is 22.0 Å². The maximum absolute atomic E-state index is 9.17. The lowest BCUT2D eigenvalue weighted by atomic mass is 10.1. The van der Waals surface area contributed by atoms with E-state index in [0.29, 0.717) is 5.11 Å². The number of hydrogen-bond donors (Lipinski definition) is 3. The van der Waals surface area contributed by atoms with Crippen molar-refractivity contribution in [3.05, 3.63) is 29.8 Å². The van der Waals surface area contributed by atoms with Crippen molar-refractivity contribution in [2.45, 2.75) is 26.8 Å². The summed E-state index contributed by atoms with van der Waals surface area (Å²) < 4.78 is 0. The van der Waals surface area contributed by atoms with Crippen LogP contribution >= 0.6 is 12.2 Å². The minimum absolute atomic E-state index is 0.242. The molecule has 0 unspecified atom stereocenters. The molecule has 0 saturated heterocycles. The van der Waals surface area contributed by atoms with Gasteiger partial charge in [-0.3, -0.25) is 5.43 Å². The Bertz CT molecular complexity index is 412. The molecule has 0 saturated carbocycles. The van der Waals surface area contributed by atoms with Crippen molar-refractivity contribution in [2.24, 2.45) is 5.10 Å². The first kappa shape index (κ1) is 13.4. The summed E-state index contributed by atoms with van der Waals surface area (Å²) in [6.07, 6.45) is 0. The minimum Gasteiger partial charge on any atom is -0.508 e. The van der Waals surface area contributed by atoms with Crippen molar-refractivity contribution in [2.75, 3.05) is 0 Å². The van der Waals surface area contributed by atoms with E-state index in [2.05, 4.69) is 15.8 Å². The van der Waals surface area contributed by atoms with Gasteiger partial charge in [-0.15, -0.1) is 0 Å². The number of hydrazone groups is 1. The molecular formula is C12H17N3OS. The molecule has 5 heteroatoms. The second kappa shape index (κ2) is 6.20. The molecular weight excluding hydrogens is 234 g/mol. The summed E-state index contributed by atoms with van der Waals surface area (Å²) in [7, 11) is 0. The normalized spacial score (nSPS) is 11.4. The molecule has 92 valence electrons. The van der Waals surface area contributed by atoms with Gasteiger partial charge in [0.1, 0.15) is 5.75 Å². The fraction of sp³-hybridized carbons (Fsp3) is 0.333. The lowest BCUT2D eigenvalue weighted by Gasteiger charge is -2.10. The molecule has 0 spiro atoms. The standard InChI is InChI=1S/C12H17N3OS/c1-8(2)13-12(17)15-14-9(3)10-4-6-11(16)7-5-10/h4-8,16H,1-3H3,(H2,13,15,17)/b14-9+. The van der Waals surface area contributed by atoms with Crippen LogP contribution in [0.4, 0.5) is 0 Å². The fourth-order valence-corrected chi connectivity index (χ4v) is 1.48. The molecule has 0 bridgehead atoms. The van der Waals surface area contributed by atoms with Crippen molar-refractivity contribution < 1.29 is 5.11 Å². The van der Waals surface area contributed by atoms with E-state index < -0.39 is 0 Å². The molecule has 0 radical (unpaired) electrons. The van der Waals surface area contributed by atoms with Crippen LogP contribution in [-0.2, 0) is 0 Å². The predicted molar refractivity (Wildman–Crippen MR) is 74.3 cm³/mol. The van der Waals surface area contributed by atoms with E-state index in [-0.39, 0.29) is 11.8 Å². The highest BCUT2D eigenvalue weighted by atomic mass is 32.1. The van der Waals surface area contributed by atoms with Gasteiger partial charge in [0.25, 0.3) is 0 Å². The number of benzene rings is 1. The Kier molecular flexibility index (Phi) is 4.90. The van der Waals surface area contributed by atoms with Crippen molar-refractivity contribution in [1.29, 1.82) is 0 Å². The molecule has 0 aliphatic rings. The average molecular weight is 251 g/mol. The maximum Gasteiger partial charge on any atom is 0.187 e. The summed E-state index contributed by atoms with van der Waals surface area (Å²) in [6.45, 7) is 5.88. The molecule has 0 fully saturated rings. The highest BCUT2D eigenvalue weighted by molar-refractivity contribution is 7.80. The van der Waals surface area contributed by atoms with Crippen molar-refractivity contribution in [1.82, 2.24) is 10.7 Å². The quantitative estimate of drug-likeness (QED) is 0.437. The van der Waals surface area contributed by atoms with Gasteiger partial charge in [-0.1, -0.05) is 0 Å². The average Bonchev–Trinajstić information content (AvgIpc) is 2.26. The monoisotopic (exact) mass is 251 g/mol. The Balaban J connectivity index is 2.60. The molecule has 1 aromatic carbocycles. The number of rotatable bonds is 3. The first-order valence-corrected chi connectivity index (χ1v) is 5.80. The number of phenols is 1. The van der Waals surface area contributed by atoms with Gasteiger partial charge in [-0.2, -0.15) is 5.10 Å². The highest BCUT2D eigenvalue weighted by Crippen LogP contribution is 2.10. The summed E-state index contributed by atoms with van der Waals surface area (Å²) in [5.74, 6) is 0.242. The first-order valence-electron chi connectivity index (χ1n) is 5.39. The van der Waals surface area contributed by atoms with Crippen molar-refractivity contribution in [3.8, 4) is 5.75 Å². The molecule has 4 nitrogen and oxygen atoms in total. The van der Waals surface area contributed by atoms with Gasteiger partial charge >= 0.3 is 0 Å². The largest absolute Gasteiger partial charge is 0.508 e. The zero-order valence-corrected chi connectivity index (χ0v) is 11.0. The van der Waals surface area contributed by atoms with Crippen molar-refractivity contribution >= 4 is 23.0 Å². The van der Waals surface area contributed by atoms with Crippen LogP contribution in [0.15, 0.2) is 29.4 Å². The summed E-state index contributed by atoms with van der Waals surface area (Å²) in [4.78, 5) is 0. The number of phenolic OH excluding ortho intramolecular Hbond substituents is 1. The third-order valence-corrected chi connectivity index (χ3v) is 2.24. The van der Waals surface area contributed by atoms with Crippen LogP contribution in [0.1, 0.15) is 26.3 Å². The highest BCUT2D eigenvalue weighted by Gasteiger charge is 1.99. The Hall–Kier alpha value is -1.62. The number of nitrogens with zero attached hydrogens (tertiary/aromatic N) is 1. The van der Waals surface area contributed by atoms with Gasteiger partial charge in [0.2, 0.25) is 0 Å². The Morgan fingerprint density at radius 2 is 1.88 bits per heavy atom. The maximum atomic E-state index is 9.17. The smallest absolute Gasteiger partial charge is 0.187 e. The van der Waals surface area contributed by atoms with Gasteiger partial charge in [0.05, 0.1) is 5.71 Å². The van der Waals surface area contributed by atoms with Gasteiger partial charge in [0, 0.05) is 6.04 Å². The van der Waals surface area contributed by atoms with Crippen LogP contribution in [0.25, 0.3) is 0 Å². The van der Waals surface area contributed by atoms with Crippen LogP contribution in [0, 0.1) is 0 Å². The SMILES string of the molecule is C/C(=N\NC(=S)NC(C)C)c1ccc(O)cc1. The molecule has 0 aliphatic heterocycles. The topological polar surface area (TPSA) is 56.7 Å². The third-order valence-electron chi connectivity index (χ3n) is 2.03. The van der Waals surface area contributed by atoms with Crippen LogP contribution in [0.5, 0.6) is 5.75 Å². The number of hydrogen-bond acceptors (Lipinski definition) is 3. The van der Waals surface area contributed by atoms with Gasteiger partial charge in [0.15, 0.2) is 5.11 Å². The Morgan fingerprint density at radius 3 is 2.41 bits per heavy atom. The molecule has 0 amide bonds. The summed E-state index contributed by atoms with van der Waals surface area (Å²) in [5.41, 5.74) is 4.51. The van der Waals surface area contributed by atoms with Gasteiger partial charge < -0.3 is 10.4 Å². The van der Waals surface area contributed by atoms with E-state index in [1.807, 2.05) is 20.8 Å². The Morgan fingerprint density at radius 1 is 1.29 bits per heavy atom. The molecule has 1 aromatic rings. The molecule has 3 N–H and O–H groups in total. The van der Waals surface area contributed by atoms with Crippen molar-refractivity contribution in [3.63, 3.8) is 0 Å². The van der Waals surface area contributed by atoms with E-state index in [0.717, 1.165) is 11.3 Å². The van der Waals surface area contributed by atoms with E-state index >= 15 is 0 Å². The molecule has 0 aliphatic carbocycles. The molecule has 0 heterocycles. The zero-order chi connectivity index (χ0) is 12.8. The van der Waals surface area contributed by atoms with Gasteiger partial charge in [-0.05, 0) is 62.8 Å². The summed E-state index contributed by atoms with van der Waals surface area (Å²) in [5, 5.41) is 16.9. The van der Waals surface area contributed by atoms with E-state index in [1.54, 1.807) is 24.3 Å². The van der Waals surface area contributed by atoms with E-state index in [4.69, 9.17) is 17.3 Å². The first-order chi connectivity index (χ1) is 7.99. The third kappa shape index (κ3) is 4.82. The Labute approximate surface area is 107 Å². The molecule has 0 aromatic heterocycles. The summed E-state index contributed by atoms with van der Waals surface area (Å²) in [6, 6.07) is 7.13. The van der Waals surface area contributed by atoms with E-state index in [9.17, 15) is 0 Å². The zero-order valence-electron chi connectivity index (χ0n) is 10.2. The molecule has 0 atom stereocenters. The lowest BCUT2D eigenvalue weighted by Crippen LogP contribution is -2.37. The lowest BCUT2D eigenvalue weighted by molar-refractivity contribution is 0.475. The molecule has 1 rings (SSSR count). The number of aromatic hydroxyl groups is 1. The second-order valence-corrected chi connectivity index (χ2v) is 4.39. The number of nitrogens with one attached hydrogen (secondary N) is 2. The van der Waals surface area contributed by atoms with E-state index in [1.165, 1.54) is 0 Å². The van der Waals surface area contributed by atoms with Gasteiger partial charge in [-0.25, -0.2) is 0 Å². The van der Waals surface area contributed by atoms with Crippen LogP contribution in [0.3, 0.4) is 0 Å². The second-order valence-electron chi connectivity index (χ2n) is 3.98. The van der Waals surface area contributed by atoms with Crippen LogP contribution < -0.4 is 10.7 Å². The predicted octanol–water partition coefficient (Wildman–Crippen LogP) is 1.99. The molecule has 17 heavy (non-hydrogen) atoms.